The van der Waals surface area contributed by atoms with Gasteiger partial charge in [0, 0.05) is 6.04 Å². The summed E-state index contributed by atoms with van der Waals surface area (Å²) in [5, 5.41) is 3.70. The lowest BCUT2D eigenvalue weighted by molar-refractivity contribution is 0.185. The second kappa shape index (κ2) is 5.43. The van der Waals surface area contributed by atoms with Crippen LogP contribution in [-0.2, 0) is 4.74 Å². The highest BCUT2D eigenvalue weighted by molar-refractivity contribution is 5.14. The zero-order valence-electron chi connectivity index (χ0n) is 11.6. The maximum atomic E-state index is 5.54. The van der Waals surface area contributed by atoms with Crippen LogP contribution in [0, 0.1) is 11.3 Å². The number of nitrogens with one attached hydrogen (secondary N) is 1. The molecular formula is C15H27NO. The third-order valence-electron chi connectivity index (χ3n) is 4.53. The molecule has 0 aromatic heterocycles. The summed E-state index contributed by atoms with van der Waals surface area (Å²) in [7, 11) is 0. The Labute approximate surface area is 106 Å². The van der Waals surface area contributed by atoms with E-state index in [0.717, 1.165) is 19.1 Å². The predicted molar refractivity (Wildman–Crippen MR) is 71.9 cm³/mol. The highest BCUT2D eigenvalue weighted by atomic mass is 16.5. The van der Waals surface area contributed by atoms with Gasteiger partial charge in [-0.15, -0.1) is 0 Å². The van der Waals surface area contributed by atoms with E-state index in [1.807, 2.05) is 6.26 Å². The van der Waals surface area contributed by atoms with Crippen molar-refractivity contribution in [1.82, 2.24) is 5.32 Å². The van der Waals surface area contributed by atoms with Crippen molar-refractivity contribution in [3.05, 3.63) is 11.8 Å². The molecular weight excluding hydrogens is 210 g/mol. The van der Waals surface area contributed by atoms with Gasteiger partial charge < -0.3 is 10.1 Å². The van der Waals surface area contributed by atoms with Crippen LogP contribution in [0.2, 0.25) is 0 Å². The highest BCUT2D eigenvalue weighted by Crippen LogP contribution is 2.46. The minimum Gasteiger partial charge on any atom is -0.501 e. The topological polar surface area (TPSA) is 21.3 Å². The number of hydrogen-bond acceptors (Lipinski definition) is 2. The van der Waals surface area contributed by atoms with Gasteiger partial charge in [-0.05, 0) is 49.1 Å². The number of ether oxygens (including phenoxy) is 1. The fourth-order valence-electron chi connectivity index (χ4n) is 3.54. The van der Waals surface area contributed by atoms with Crippen LogP contribution in [0.1, 0.15) is 52.9 Å². The Balaban J connectivity index is 2.13. The Bertz CT molecular complexity index is 283. The van der Waals surface area contributed by atoms with Gasteiger partial charge in [0.2, 0.25) is 0 Å². The molecule has 1 aliphatic heterocycles. The van der Waals surface area contributed by atoms with E-state index in [0.29, 0.717) is 11.5 Å². The van der Waals surface area contributed by atoms with Gasteiger partial charge in [0.25, 0.3) is 0 Å². The Morgan fingerprint density at radius 2 is 2.29 bits per heavy atom. The first-order chi connectivity index (χ1) is 8.15. The standard InChI is InChI=1S/C15H27NO/c1-4-16-14(12-7-6-10-17-11-12)13-8-5-9-15(13,2)3/h11,13-14,16H,4-10H2,1-3H3. The predicted octanol–water partition coefficient (Wildman–Crippen LogP) is 3.49. The summed E-state index contributed by atoms with van der Waals surface area (Å²) in [6.45, 7) is 9.02. The minimum absolute atomic E-state index is 0.477. The lowest BCUT2D eigenvalue weighted by Crippen LogP contribution is -2.42. The third kappa shape index (κ3) is 2.85. The average molecular weight is 237 g/mol. The first kappa shape index (κ1) is 12.9. The van der Waals surface area contributed by atoms with Gasteiger partial charge in [0.1, 0.15) is 0 Å². The molecule has 2 rings (SSSR count). The Morgan fingerprint density at radius 3 is 2.82 bits per heavy atom. The van der Waals surface area contributed by atoms with Gasteiger partial charge in [-0.25, -0.2) is 0 Å². The maximum absolute atomic E-state index is 5.54. The van der Waals surface area contributed by atoms with Crippen LogP contribution >= 0.6 is 0 Å². The molecule has 1 fully saturated rings. The third-order valence-corrected chi connectivity index (χ3v) is 4.53. The molecule has 98 valence electrons. The summed E-state index contributed by atoms with van der Waals surface area (Å²) in [5.41, 5.74) is 1.98. The maximum Gasteiger partial charge on any atom is 0.0876 e. The SMILES string of the molecule is CCNC(C1=COCCC1)C1CCCC1(C)C. The van der Waals surface area contributed by atoms with Crippen LogP contribution in [0.25, 0.3) is 0 Å². The van der Waals surface area contributed by atoms with Crippen molar-refractivity contribution in [3.8, 4) is 0 Å². The molecule has 0 radical (unpaired) electrons. The fourth-order valence-corrected chi connectivity index (χ4v) is 3.54. The number of rotatable bonds is 4. The molecule has 0 aromatic carbocycles. The molecule has 0 aromatic rings. The fraction of sp³-hybridized carbons (Fsp3) is 0.867. The second-order valence-corrected chi connectivity index (χ2v) is 6.19. The van der Waals surface area contributed by atoms with Crippen LogP contribution in [0.15, 0.2) is 11.8 Å². The zero-order chi connectivity index (χ0) is 12.3. The van der Waals surface area contributed by atoms with Gasteiger partial charge >= 0.3 is 0 Å². The Hall–Kier alpha value is -0.500. The summed E-state index contributed by atoms with van der Waals surface area (Å²) >= 11 is 0. The van der Waals surface area contributed by atoms with E-state index in [4.69, 9.17) is 4.74 Å². The quantitative estimate of drug-likeness (QED) is 0.808. The summed E-state index contributed by atoms with van der Waals surface area (Å²) in [4.78, 5) is 0. The van der Waals surface area contributed by atoms with Crippen molar-refractivity contribution in [2.75, 3.05) is 13.2 Å². The number of hydrogen-bond donors (Lipinski definition) is 1. The normalized spacial score (nSPS) is 29.6. The molecule has 1 heterocycles. The molecule has 0 saturated heterocycles. The molecule has 2 atom stereocenters. The first-order valence-corrected chi connectivity index (χ1v) is 7.19. The van der Waals surface area contributed by atoms with E-state index in [1.165, 1.54) is 37.7 Å². The molecule has 17 heavy (non-hydrogen) atoms. The van der Waals surface area contributed by atoms with Crippen LogP contribution < -0.4 is 5.32 Å². The second-order valence-electron chi connectivity index (χ2n) is 6.19. The van der Waals surface area contributed by atoms with E-state index in [1.54, 1.807) is 0 Å². The van der Waals surface area contributed by atoms with E-state index >= 15 is 0 Å². The summed E-state index contributed by atoms with van der Waals surface area (Å²) in [5.74, 6) is 0.774. The summed E-state index contributed by atoms with van der Waals surface area (Å²) in [6.07, 6.45) is 8.54. The molecule has 2 aliphatic rings. The Morgan fingerprint density at radius 1 is 1.47 bits per heavy atom. The smallest absolute Gasteiger partial charge is 0.0876 e. The Kier molecular flexibility index (Phi) is 4.13. The van der Waals surface area contributed by atoms with Crippen molar-refractivity contribution in [1.29, 1.82) is 0 Å². The van der Waals surface area contributed by atoms with Crippen LogP contribution in [0.4, 0.5) is 0 Å². The van der Waals surface area contributed by atoms with Gasteiger partial charge in [-0.1, -0.05) is 27.2 Å². The highest BCUT2D eigenvalue weighted by Gasteiger charge is 2.40. The molecule has 2 heteroatoms. The van der Waals surface area contributed by atoms with Crippen LogP contribution in [-0.4, -0.2) is 19.2 Å². The molecule has 1 N–H and O–H groups in total. The van der Waals surface area contributed by atoms with Crippen molar-refractivity contribution in [2.45, 2.75) is 58.9 Å². The van der Waals surface area contributed by atoms with Crippen molar-refractivity contribution >= 4 is 0 Å². The van der Waals surface area contributed by atoms with Crippen molar-refractivity contribution in [2.24, 2.45) is 11.3 Å². The molecule has 2 unspecified atom stereocenters. The van der Waals surface area contributed by atoms with Crippen LogP contribution in [0.5, 0.6) is 0 Å². The van der Waals surface area contributed by atoms with Gasteiger partial charge in [0.15, 0.2) is 0 Å². The molecule has 0 spiro atoms. The lowest BCUT2D eigenvalue weighted by atomic mass is 9.74. The molecule has 1 aliphatic carbocycles. The van der Waals surface area contributed by atoms with Crippen molar-refractivity contribution < 1.29 is 4.74 Å². The van der Waals surface area contributed by atoms with Crippen LogP contribution in [0.3, 0.4) is 0 Å². The summed E-state index contributed by atoms with van der Waals surface area (Å²) < 4.78 is 5.54. The monoisotopic (exact) mass is 237 g/mol. The van der Waals surface area contributed by atoms with E-state index in [9.17, 15) is 0 Å². The van der Waals surface area contributed by atoms with E-state index < -0.39 is 0 Å². The molecule has 0 bridgehead atoms. The number of likely N-dealkylation sites (N-methyl/N-ethyl adjacent to an activating group) is 1. The largest absolute Gasteiger partial charge is 0.501 e. The van der Waals surface area contributed by atoms with Gasteiger partial charge in [0.05, 0.1) is 12.9 Å². The summed E-state index contributed by atoms with van der Waals surface area (Å²) in [6, 6.07) is 0.540. The van der Waals surface area contributed by atoms with Gasteiger partial charge in [-0.3, -0.25) is 0 Å². The first-order valence-electron chi connectivity index (χ1n) is 7.19. The molecule has 0 amide bonds. The zero-order valence-corrected chi connectivity index (χ0v) is 11.6. The molecule has 2 nitrogen and oxygen atoms in total. The van der Waals surface area contributed by atoms with Gasteiger partial charge in [-0.2, -0.15) is 0 Å². The average Bonchev–Trinajstić information content (AvgIpc) is 2.67. The van der Waals surface area contributed by atoms with Crippen molar-refractivity contribution in [3.63, 3.8) is 0 Å². The van der Waals surface area contributed by atoms with E-state index in [2.05, 4.69) is 26.1 Å². The lowest BCUT2D eigenvalue weighted by Gasteiger charge is -2.36. The minimum atomic E-state index is 0.477. The van der Waals surface area contributed by atoms with E-state index in [-0.39, 0.29) is 0 Å². The molecule has 1 saturated carbocycles.